The van der Waals surface area contributed by atoms with Crippen molar-refractivity contribution in [1.29, 1.82) is 0 Å². The van der Waals surface area contributed by atoms with Gasteiger partial charge in [-0.2, -0.15) is 0 Å². The van der Waals surface area contributed by atoms with Gasteiger partial charge in [0.15, 0.2) is 0 Å². The first-order valence-corrected chi connectivity index (χ1v) is 12.7. The fourth-order valence-electron chi connectivity index (χ4n) is 4.82. The smallest absolute Gasteiger partial charge is 0.126 e. The number of hydrogen-bond acceptors (Lipinski definition) is 6. The highest BCUT2D eigenvalue weighted by atomic mass is 16.4. The van der Waals surface area contributed by atoms with Crippen molar-refractivity contribution in [2.45, 2.75) is 102 Å². The summed E-state index contributed by atoms with van der Waals surface area (Å²) in [4.78, 5) is 0. The van der Waals surface area contributed by atoms with E-state index in [2.05, 4.69) is 13.8 Å². The summed E-state index contributed by atoms with van der Waals surface area (Å²) in [5.74, 6) is 0.511. The summed E-state index contributed by atoms with van der Waals surface area (Å²) >= 11 is 0. The largest absolute Gasteiger partial charge is 0.394 e. The molecule has 0 bridgehead atoms. The lowest BCUT2D eigenvalue weighted by Crippen LogP contribution is -2.66. The minimum atomic E-state index is -2.32. The molecule has 0 fully saturated rings. The zero-order valence-electron chi connectivity index (χ0n) is 21.7. The molecule has 2 aromatic rings. The fraction of sp³-hybridized carbons (Fsp3) is 0.586. The molecule has 2 rings (SSSR count). The van der Waals surface area contributed by atoms with Crippen LogP contribution in [0.3, 0.4) is 0 Å². The second-order valence-electron chi connectivity index (χ2n) is 10.6. The molecule has 6 nitrogen and oxygen atoms in total. The quantitative estimate of drug-likeness (QED) is 0.258. The van der Waals surface area contributed by atoms with Crippen molar-refractivity contribution in [1.82, 2.24) is 0 Å². The first-order valence-electron chi connectivity index (χ1n) is 12.7. The van der Waals surface area contributed by atoms with Crippen LogP contribution in [0.15, 0.2) is 48.5 Å². The van der Waals surface area contributed by atoms with Gasteiger partial charge in [-0.05, 0) is 40.5 Å². The molecule has 0 aliphatic heterocycles. The number of benzene rings is 2. The topological polar surface area (TPSA) is 121 Å². The summed E-state index contributed by atoms with van der Waals surface area (Å²) in [5, 5.41) is 65.8. The predicted molar refractivity (Wildman–Crippen MR) is 138 cm³/mol. The minimum Gasteiger partial charge on any atom is -0.394 e. The second kappa shape index (κ2) is 12.4. The molecule has 6 N–H and O–H groups in total. The third kappa shape index (κ3) is 7.13. The van der Waals surface area contributed by atoms with Gasteiger partial charge in [-0.1, -0.05) is 89.6 Å². The standard InChI is InChI=1S/C29H44O6/c1-6-13-28(34,16-21-9-7-11-23(14-21)19(2)3)27(33)29(35,26(32)25(31)18-30)17-22-10-8-12-24(15-22)20(4)5/h7-12,14-15,19-20,25-27,30-35H,6,13,16-18H2,1-5H3/t25-,26+,27+,28?,29+/m0/s1. The first kappa shape index (κ1) is 29.4. The van der Waals surface area contributed by atoms with Crippen LogP contribution in [0.1, 0.15) is 81.5 Å². The van der Waals surface area contributed by atoms with E-state index in [0.717, 1.165) is 16.7 Å². The molecule has 5 atom stereocenters. The van der Waals surface area contributed by atoms with Gasteiger partial charge >= 0.3 is 0 Å². The Bertz CT molecular complexity index is 929. The molecule has 196 valence electrons. The van der Waals surface area contributed by atoms with E-state index in [1.807, 2.05) is 63.2 Å². The van der Waals surface area contributed by atoms with Crippen molar-refractivity contribution in [3.8, 4) is 0 Å². The molecule has 0 saturated heterocycles. The van der Waals surface area contributed by atoms with Gasteiger partial charge in [-0.15, -0.1) is 0 Å². The van der Waals surface area contributed by atoms with E-state index in [4.69, 9.17) is 0 Å². The van der Waals surface area contributed by atoms with Gasteiger partial charge in [0.1, 0.15) is 23.9 Å². The lowest BCUT2D eigenvalue weighted by Gasteiger charge is -2.46. The van der Waals surface area contributed by atoms with Crippen LogP contribution in [-0.4, -0.2) is 66.8 Å². The number of rotatable bonds is 13. The molecule has 2 aromatic carbocycles. The van der Waals surface area contributed by atoms with Crippen LogP contribution in [-0.2, 0) is 12.8 Å². The van der Waals surface area contributed by atoms with E-state index in [1.54, 1.807) is 6.07 Å². The molecule has 0 aliphatic rings. The minimum absolute atomic E-state index is 0.0544. The van der Waals surface area contributed by atoms with Crippen molar-refractivity contribution in [2.75, 3.05) is 6.61 Å². The molecule has 0 radical (unpaired) electrons. The van der Waals surface area contributed by atoms with Crippen molar-refractivity contribution in [2.24, 2.45) is 0 Å². The molecule has 0 aromatic heterocycles. The van der Waals surface area contributed by atoms with Gasteiger partial charge in [0.05, 0.1) is 12.2 Å². The lowest BCUT2D eigenvalue weighted by molar-refractivity contribution is -0.230. The van der Waals surface area contributed by atoms with Crippen LogP contribution in [0.5, 0.6) is 0 Å². The van der Waals surface area contributed by atoms with Gasteiger partial charge < -0.3 is 30.6 Å². The summed E-state index contributed by atoms with van der Waals surface area (Å²) in [6.07, 6.45) is -4.87. The third-order valence-electron chi connectivity index (χ3n) is 6.96. The SMILES string of the molecule is CCCC(O)(Cc1cccc(C(C)C)c1)[C@@H](O)[C@@](O)(Cc1cccc(C(C)C)c1)[C@H](O)[C@@H](O)CO. The van der Waals surface area contributed by atoms with Crippen LogP contribution in [0.2, 0.25) is 0 Å². The Morgan fingerprint density at radius 1 is 0.771 bits per heavy atom. The molecule has 1 unspecified atom stereocenters. The van der Waals surface area contributed by atoms with E-state index in [-0.39, 0.29) is 31.1 Å². The molecule has 0 spiro atoms. The number of hydrogen-bond donors (Lipinski definition) is 6. The maximum Gasteiger partial charge on any atom is 0.126 e. The molecule has 0 saturated carbocycles. The third-order valence-corrected chi connectivity index (χ3v) is 6.96. The number of aliphatic hydroxyl groups excluding tert-OH is 4. The fourth-order valence-corrected chi connectivity index (χ4v) is 4.82. The van der Waals surface area contributed by atoms with Crippen molar-refractivity contribution in [3.63, 3.8) is 0 Å². The summed E-state index contributed by atoms with van der Waals surface area (Å²) < 4.78 is 0. The Balaban J connectivity index is 2.52. The Hall–Kier alpha value is -1.80. The molecule has 0 heterocycles. The molecule has 35 heavy (non-hydrogen) atoms. The molecule has 6 heteroatoms. The Labute approximate surface area is 209 Å². The maximum absolute atomic E-state index is 11.8. The second-order valence-corrected chi connectivity index (χ2v) is 10.6. The van der Waals surface area contributed by atoms with Gasteiger partial charge in [-0.3, -0.25) is 0 Å². The van der Waals surface area contributed by atoms with Crippen LogP contribution in [0.4, 0.5) is 0 Å². The summed E-state index contributed by atoms with van der Waals surface area (Å²) in [6, 6.07) is 15.2. The van der Waals surface area contributed by atoms with E-state index in [1.165, 1.54) is 0 Å². The van der Waals surface area contributed by atoms with Crippen molar-refractivity contribution < 1.29 is 30.6 Å². The highest BCUT2D eigenvalue weighted by molar-refractivity contribution is 5.30. The van der Waals surface area contributed by atoms with Gasteiger partial charge in [0.25, 0.3) is 0 Å². The summed E-state index contributed by atoms with van der Waals surface area (Å²) in [6.45, 7) is 9.29. The van der Waals surface area contributed by atoms with Gasteiger partial charge in [0.2, 0.25) is 0 Å². The zero-order valence-corrected chi connectivity index (χ0v) is 21.7. The zero-order chi connectivity index (χ0) is 26.4. The average Bonchev–Trinajstić information content (AvgIpc) is 2.82. The summed E-state index contributed by atoms with van der Waals surface area (Å²) in [7, 11) is 0. The van der Waals surface area contributed by atoms with E-state index in [9.17, 15) is 30.6 Å². The highest BCUT2D eigenvalue weighted by Crippen LogP contribution is 2.35. The number of aliphatic hydroxyl groups is 6. The molecule has 0 aliphatic carbocycles. The van der Waals surface area contributed by atoms with Crippen molar-refractivity contribution in [3.05, 3.63) is 70.8 Å². The van der Waals surface area contributed by atoms with Gasteiger partial charge in [-0.25, -0.2) is 0 Å². The van der Waals surface area contributed by atoms with E-state index >= 15 is 0 Å². The molecular weight excluding hydrogens is 444 g/mol. The predicted octanol–water partition coefficient (Wildman–Crippen LogP) is 3.06. The van der Waals surface area contributed by atoms with Gasteiger partial charge in [0, 0.05) is 12.8 Å². The monoisotopic (exact) mass is 488 g/mol. The first-order chi connectivity index (χ1) is 16.4. The van der Waals surface area contributed by atoms with Crippen LogP contribution < -0.4 is 0 Å². The summed E-state index contributed by atoms with van der Waals surface area (Å²) in [5.41, 5.74) is -0.559. The molecule has 0 amide bonds. The van der Waals surface area contributed by atoms with E-state index < -0.39 is 36.1 Å². The lowest BCUT2D eigenvalue weighted by atomic mass is 9.71. The Morgan fingerprint density at radius 2 is 1.26 bits per heavy atom. The van der Waals surface area contributed by atoms with Crippen LogP contribution >= 0.6 is 0 Å². The normalized spacial score (nSPS) is 18.2. The van der Waals surface area contributed by atoms with Crippen LogP contribution in [0, 0.1) is 0 Å². The average molecular weight is 489 g/mol. The Morgan fingerprint density at radius 3 is 1.69 bits per heavy atom. The van der Waals surface area contributed by atoms with Crippen LogP contribution in [0.25, 0.3) is 0 Å². The Kier molecular flexibility index (Phi) is 10.5. The molecular formula is C29H44O6. The maximum atomic E-state index is 11.8. The van der Waals surface area contributed by atoms with E-state index in [0.29, 0.717) is 12.0 Å². The van der Waals surface area contributed by atoms with Crippen molar-refractivity contribution >= 4 is 0 Å². The highest BCUT2D eigenvalue weighted by Gasteiger charge is 2.54.